The number of nitrogens with two attached hydrogens (primary N) is 1. The molecule has 0 unspecified atom stereocenters. The van der Waals surface area contributed by atoms with Crippen LogP contribution in [0.2, 0.25) is 4.34 Å². The molecule has 2 rings (SSSR count). The third-order valence-corrected chi connectivity index (χ3v) is 5.38. The molecule has 0 bridgehead atoms. The van der Waals surface area contributed by atoms with E-state index in [1.54, 1.807) is 11.3 Å². The van der Waals surface area contributed by atoms with Crippen molar-refractivity contribution in [1.82, 2.24) is 0 Å². The van der Waals surface area contributed by atoms with Crippen LogP contribution in [-0.2, 0) is 5.54 Å². The number of rotatable bonds is 2. The van der Waals surface area contributed by atoms with Gasteiger partial charge in [-0.25, -0.2) is 0 Å². The maximum atomic E-state index is 6.51. The van der Waals surface area contributed by atoms with Crippen molar-refractivity contribution in [3.05, 3.63) is 21.3 Å². The van der Waals surface area contributed by atoms with Crippen molar-refractivity contribution in [2.45, 2.75) is 45.1 Å². The summed E-state index contributed by atoms with van der Waals surface area (Å²) in [5.74, 6) is 1.64. The monoisotopic (exact) mass is 257 g/mol. The van der Waals surface area contributed by atoms with Crippen LogP contribution in [0, 0.1) is 11.8 Å². The molecule has 1 aromatic rings. The van der Waals surface area contributed by atoms with Crippen LogP contribution in [0.4, 0.5) is 0 Å². The van der Waals surface area contributed by atoms with Gasteiger partial charge < -0.3 is 5.73 Å². The largest absolute Gasteiger partial charge is 0.321 e. The lowest BCUT2D eigenvalue weighted by molar-refractivity contribution is 0.198. The molecular weight excluding hydrogens is 238 g/mol. The second-order valence-electron chi connectivity index (χ2n) is 5.34. The molecule has 1 aliphatic carbocycles. The maximum absolute atomic E-state index is 6.51. The van der Waals surface area contributed by atoms with Gasteiger partial charge >= 0.3 is 0 Å². The van der Waals surface area contributed by atoms with E-state index in [1.165, 1.54) is 17.7 Å². The van der Waals surface area contributed by atoms with Gasteiger partial charge in [0.2, 0.25) is 0 Å². The fraction of sp³-hybridized carbons (Fsp3) is 0.692. The highest BCUT2D eigenvalue weighted by Crippen LogP contribution is 2.42. The summed E-state index contributed by atoms with van der Waals surface area (Å²) in [6.45, 7) is 4.63. The van der Waals surface area contributed by atoms with Gasteiger partial charge in [0.1, 0.15) is 0 Å². The molecule has 1 heterocycles. The predicted octanol–water partition coefficient (Wildman–Crippen LogP) is 4.40. The first-order valence-corrected chi connectivity index (χ1v) is 7.25. The molecule has 0 amide bonds. The van der Waals surface area contributed by atoms with Crippen LogP contribution in [0.1, 0.15) is 44.4 Å². The molecule has 1 aliphatic rings. The molecule has 1 saturated carbocycles. The Morgan fingerprint density at radius 2 is 2.00 bits per heavy atom. The van der Waals surface area contributed by atoms with Crippen LogP contribution in [0.25, 0.3) is 0 Å². The summed E-state index contributed by atoms with van der Waals surface area (Å²) >= 11 is 7.63. The molecule has 0 atom stereocenters. The minimum absolute atomic E-state index is 0.108. The zero-order chi connectivity index (χ0) is 11.8. The molecule has 0 aromatic carbocycles. The van der Waals surface area contributed by atoms with Crippen LogP contribution in [-0.4, -0.2) is 0 Å². The minimum Gasteiger partial charge on any atom is -0.321 e. The molecular formula is C13H20ClNS. The van der Waals surface area contributed by atoms with Gasteiger partial charge in [0.15, 0.2) is 0 Å². The SMILES string of the molecule is CC(C)C1CCC(N)(c2ccc(Cl)s2)CC1. The summed E-state index contributed by atoms with van der Waals surface area (Å²) in [4.78, 5) is 1.26. The number of hydrogen-bond donors (Lipinski definition) is 1. The minimum atomic E-state index is -0.108. The van der Waals surface area contributed by atoms with E-state index in [0.717, 1.165) is 29.0 Å². The summed E-state index contributed by atoms with van der Waals surface area (Å²) < 4.78 is 0.853. The van der Waals surface area contributed by atoms with Gasteiger partial charge in [-0.15, -0.1) is 11.3 Å². The van der Waals surface area contributed by atoms with E-state index < -0.39 is 0 Å². The molecule has 90 valence electrons. The first-order valence-electron chi connectivity index (χ1n) is 6.06. The first kappa shape index (κ1) is 12.4. The van der Waals surface area contributed by atoms with Crippen molar-refractivity contribution in [1.29, 1.82) is 0 Å². The van der Waals surface area contributed by atoms with Gasteiger partial charge in [0.25, 0.3) is 0 Å². The van der Waals surface area contributed by atoms with Gasteiger partial charge in [0.05, 0.1) is 9.88 Å². The van der Waals surface area contributed by atoms with Gasteiger partial charge in [-0.2, -0.15) is 0 Å². The first-order chi connectivity index (χ1) is 7.51. The molecule has 1 fully saturated rings. The average Bonchev–Trinajstić information content (AvgIpc) is 2.66. The van der Waals surface area contributed by atoms with Crippen LogP contribution >= 0.6 is 22.9 Å². The van der Waals surface area contributed by atoms with Crippen molar-refractivity contribution < 1.29 is 0 Å². The summed E-state index contributed by atoms with van der Waals surface area (Å²) in [6, 6.07) is 4.06. The van der Waals surface area contributed by atoms with Gasteiger partial charge in [-0.3, -0.25) is 0 Å². The Labute approximate surface area is 107 Å². The number of halogens is 1. The highest BCUT2D eigenvalue weighted by molar-refractivity contribution is 7.16. The smallest absolute Gasteiger partial charge is 0.0931 e. The van der Waals surface area contributed by atoms with E-state index >= 15 is 0 Å². The van der Waals surface area contributed by atoms with E-state index in [4.69, 9.17) is 17.3 Å². The highest BCUT2D eigenvalue weighted by Gasteiger charge is 2.35. The third-order valence-electron chi connectivity index (χ3n) is 3.93. The molecule has 1 aromatic heterocycles. The maximum Gasteiger partial charge on any atom is 0.0931 e. The normalized spacial score (nSPS) is 30.9. The van der Waals surface area contributed by atoms with Crippen LogP contribution in [0.3, 0.4) is 0 Å². The zero-order valence-corrected chi connectivity index (χ0v) is 11.6. The standard InChI is InChI=1S/C13H20ClNS/c1-9(2)10-5-7-13(15,8-6-10)11-3-4-12(14)16-11/h3-4,9-10H,5-8,15H2,1-2H3. The van der Waals surface area contributed by atoms with E-state index in [-0.39, 0.29) is 5.54 Å². The molecule has 0 spiro atoms. The van der Waals surface area contributed by atoms with Gasteiger partial charge in [-0.05, 0) is 49.7 Å². The second-order valence-corrected chi connectivity index (χ2v) is 7.06. The Balaban J connectivity index is 2.06. The Morgan fingerprint density at radius 1 is 1.38 bits per heavy atom. The Hall–Kier alpha value is -0.0500. The van der Waals surface area contributed by atoms with Crippen molar-refractivity contribution in [3.63, 3.8) is 0 Å². The van der Waals surface area contributed by atoms with Crippen molar-refractivity contribution in [2.75, 3.05) is 0 Å². The Bertz CT molecular complexity index is 351. The topological polar surface area (TPSA) is 26.0 Å². The lowest BCUT2D eigenvalue weighted by Crippen LogP contribution is -2.40. The molecule has 0 saturated heterocycles. The molecule has 1 nitrogen and oxygen atoms in total. The summed E-state index contributed by atoms with van der Waals surface area (Å²) in [5.41, 5.74) is 6.40. The van der Waals surface area contributed by atoms with Crippen LogP contribution in [0.5, 0.6) is 0 Å². The van der Waals surface area contributed by atoms with Crippen LogP contribution < -0.4 is 5.73 Å². The van der Waals surface area contributed by atoms with Crippen molar-refractivity contribution in [3.8, 4) is 0 Å². The van der Waals surface area contributed by atoms with Crippen molar-refractivity contribution in [2.24, 2.45) is 17.6 Å². The van der Waals surface area contributed by atoms with Gasteiger partial charge in [0, 0.05) is 4.88 Å². The fourth-order valence-electron chi connectivity index (χ4n) is 2.65. The van der Waals surface area contributed by atoms with E-state index in [9.17, 15) is 0 Å². The average molecular weight is 258 g/mol. The predicted molar refractivity (Wildman–Crippen MR) is 72.0 cm³/mol. The van der Waals surface area contributed by atoms with E-state index in [2.05, 4.69) is 19.9 Å². The lowest BCUT2D eigenvalue weighted by atomic mass is 9.73. The number of hydrogen-bond acceptors (Lipinski definition) is 2. The van der Waals surface area contributed by atoms with E-state index in [1.807, 2.05) is 6.07 Å². The zero-order valence-electron chi connectivity index (χ0n) is 10.0. The quantitative estimate of drug-likeness (QED) is 0.835. The van der Waals surface area contributed by atoms with Gasteiger partial charge in [-0.1, -0.05) is 25.4 Å². The summed E-state index contributed by atoms with van der Waals surface area (Å²) in [5, 5.41) is 0. The van der Waals surface area contributed by atoms with Crippen molar-refractivity contribution >= 4 is 22.9 Å². The Morgan fingerprint density at radius 3 is 2.44 bits per heavy atom. The Kier molecular flexibility index (Phi) is 3.62. The number of thiophene rings is 1. The third kappa shape index (κ3) is 2.44. The summed E-state index contributed by atoms with van der Waals surface area (Å²) in [7, 11) is 0. The van der Waals surface area contributed by atoms with E-state index in [0.29, 0.717) is 0 Å². The second kappa shape index (κ2) is 4.67. The molecule has 16 heavy (non-hydrogen) atoms. The highest BCUT2D eigenvalue weighted by atomic mass is 35.5. The molecule has 2 N–H and O–H groups in total. The van der Waals surface area contributed by atoms with Crippen LogP contribution in [0.15, 0.2) is 12.1 Å². The molecule has 0 aliphatic heterocycles. The fourth-order valence-corrected chi connectivity index (χ4v) is 3.85. The lowest BCUT2D eigenvalue weighted by Gasteiger charge is -2.38. The summed E-state index contributed by atoms with van der Waals surface area (Å²) in [6.07, 6.45) is 4.72. The molecule has 3 heteroatoms. The molecule has 0 radical (unpaired) electrons.